The Bertz CT molecular complexity index is 640. The molecule has 5 nitrogen and oxygen atoms in total. The number of para-hydroxylation sites is 1. The molecule has 112 valence electrons. The molecule has 0 saturated heterocycles. The number of hydrogen-bond acceptors (Lipinski definition) is 5. The Kier molecular flexibility index (Phi) is 5.03. The van der Waals surface area contributed by atoms with Crippen LogP contribution in [0.2, 0.25) is 0 Å². The normalized spacial score (nSPS) is 12.3. The molecule has 0 saturated carbocycles. The van der Waals surface area contributed by atoms with Gasteiger partial charge in [-0.25, -0.2) is 4.98 Å². The van der Waals surface area contributed by atoms with Crippen molar-refractivity contribution in [1.82, 2.24) is 10.3 Å². The number of hydrogen-bond donors (Lipinski definition) is 1. The summed E-state index contributed by atoms with van der Waals surface area (Å²) in [5.74, 6) is 0. The lowest BCUT2D eigenvalue weighted by Gasteiger charge is -2.11. The van der Waals surface area contributed by atoms with Crippen LogP contribution >= 0.6 is 11.3 Å². The average molecular weight is 305 g/mol. The van der Waals surface area contributed by atoms with Crippen LogP contribution < -0.4 is 5.32 Å². The third-order valence-corrected chi connectivity index (χ3v) is 4.63. The zero-order chi connectivity index (χ0) is 15.4. The van der Waals surface area contributed by atoms with Crippen molar-refractivity contribution in [3.63, 3.8) is 0 Å². The third-order valence-electron chi connectivity index (χ3n) is 3.26. The SMILES string of the molecule is CCCNC(C)c1sc(-c2ccccc2[N+](=O)[O-])nc1C. The molecule has 1 unspecified atom stereocenters. The molecule has 0 aliphatic carbocycles. The second-order valence-corrected chi connectivity index (χ2v) is 5.95. The van der Waals surface area contributed by atoms with Crippen LogP contribution in [0.4, 0.5) is 5.69 Å². The Balaban J connectivity index is 2.37. The van der Waals surface area contributed by atoms with Gasteiger partial charge in [-0.1, -0.05) is 19.1 Å². The summed E-state index contributed by atoms with van der Waals surface area (Å²) in [5.41, 5.74) is 1.63. The Morgan fingerprint density at radius 1 is 1.43 bits per heavy atom. The smallest absolute Gasteiger partial charge is 0.279 e. The molecule has 0 aliphatic rings. The number of aryl methyl sites for hydroxylation is 1. The highest BCUT2D eigenvalue weighted by Gasteiger charge is 2.20. The number of thiazole rings is 1. The van der Waals surface area contributed by atoms with Gasteiger partial charge in [-0.05, 0) is 32.9 Å². The molecule has 1 heterocycles. The maximum absolute atomic E-state index is 11.1. The predicted molar refractivity (Wildman–Crippen MR) is 85.7 cm³/mol. The van der Waals surface area contributed by atoms with E-state index in [1.807, 2.05) is 6.92 Å². The number of aromatic nitrogens is 1. The highest BCUT2D eigenvalue weighted by Crippen LogP contribution is 2.36. The van der Waals surface area contributed by atoms with E-state index >= 15 is 0 Å². The minimum Gasteiger partial charge on any atom is -0.309 e. The first-order valence-electron chi connectivity index (χ1n) is 6.99. The molecule has 0 aliphatic heterocycles. The van der Waals surface area contributed by atoms with Crippen molar-refractivity contribution in [2.75, 3.05) is 6.54 Å². The van der Waals surface area contributed by atoms with Gasteiger partial charge in [0.2, 0.25) is 0 Å². The highest BCUT2D eigenvalue weighted by molar-refractivity contribution is 7.15. The van der Waals surface area contributed by atoms with E-state index < -0.39 is 0 Å². The first kappa shape index (κ1) is 15.6. The van der Waals surface area contributed by atoms with Gasteiger partial charge < -0.3 is 5.32 Å². The summed E-state index contributed by atoms with van der Waals surface area (Å²) in [4.78, 5) is 16.4. The van der Waals surface area contributed by atoms with Crippen LogP contribution in [-0.4, -0.2) is 16.5 Å². The first-order chi connectivity index (χ1) is 10.0. The van der Waals surface area contributed by atoms with E-state index in [2.05, 4.69) is 24.1 Å². The Morgan fingerprint density at radius 2 is 2.14 bits per heavy atom. The molecule has 0 radical (unpaired) electrons. The molecule has 1 aromatic heterocycles. The Hall–Kier alpha value is -1.79. The van der Waals surface area contributed by atoms with Gasteiger partial charge in [0.15, 0.2) is 0 Å². The number of benzene rings is 1. The van der Waals surface area contributed by atoms with E-state index in [-0.39, 0.29) is 16.7 Å². The number of nitrogens with zero attached hydrogens (tertiary/aromatic N) is 2. The molecule has 1 N–H and O–H groups in total. The molecule has 2 rings (SSSR count). The van der Waals surface area contributed by atoms with E-state index in [0.29, 0.717) is 10.6 Å². The van der Waals surface area contributed by atoms with Gasteiger partial charge in [0.25, 0.3) is 5.69 Å². The monoisotopic (exact) mass is 305 g/mol. The van der Waals surface area contributed by atoms with Gasteiger partial charge >= 0.3 is 0 Å². The van der Waals surface area contributed by atoms with E-state index in [9.17, 15) is 10.1 Å². The number of nitro groups is 1. The molecule has 1 aromatic carbocycles. The van der Waals surface area contributed by atoms with Crippen LogP contribution in [0.3, 0.4) is 0 Å². The maximum Gasteiger partial charge on any atom is 0.279 e. The highest BCUT2D eigenvalue weighted by atomic mass is 32.1. The summed E-state index contributed by atoms with van der Waals surface area (Å²) < 4.78 is 0. The van der Waals surface area contributed by atoms with E-state index in [1.165, 1.54) is 17.4 Å². The zero-order valence-corrected chi connectivity index (χ0v) is 13.2. The molecule has 0 fully saturated rings. The lowest BCUT2D eigenvalue weighted by atomic mass is 10.2. The van der Waals surface area contributed by atoms with Crippen LogP contribution in [0.25, 0.3) is 10.6 Å². The quantitative estimate of drug-likeness (QED) is 0.645. The van der Waals surface area contributed by atoms with Gasteiger partial charge in [0.1, 0.15) is 5.01 Å². The van der Waals surface area contributed by atoms with Gasteiger partial charge in [-0.2, -0.15) is 0 Å². The fraction of sp³-hybridized carbons (Fsp3) is 0.400. The molecular weight excluding hydrogens is 286 g/mol. The van der Waals surface area contributed by atoms with Crippen LogP contribution in [0.15, 0.2) is 24.3 Å². The Morgan fingerprint density at radius 3 is 2.81 bits per heavy atom. The summed E-state index contributed by atoms with van der Waals surface area (Å²) in [5, 5.41) is 15.3. The number of nitrogens with one attached hydrogen (secondary N) is 1. The minimum atomic E-state index is -0.357. The summed E-state index contributed by atoms with van der Waals surface area (Å²) in [7, 11) is 0. The topological polar surface area (TPSA) is 68.1 Å². The summed E-state index contributed by atoms with van der Waals surface area (Å²) in [6.45, 7) is 7.12. The van der Waals surface area contributed by atoms with E-state index in [0.717, 1.165) is 23.5 Å². The van der Waals surface area contributed by atoms with Gasteiger partial charge in [0, 0.05) is 17.0 Å². The van der Waals surface area contributed by atoms with E-state index in [4.69, 9.17) is 0 Å². The molecule has 6 heteroatoms. The molecule has 2 aromatic rings. The largest absolute Gasteiger partial charge is 0.309 e. The summed E-state index contributed by atoms with van der Waals surface area (Å²) in [6, 6.07) is 6.96. The summed E-state index contributed by atoms with van der Waals surface area (Å²) in [6.07, 6.45) is 1.07. The number of rotatable bonds is 6. The predicted octanol–water partition coefficient (Wildman–Crippen LogP) is 4.09. The van der Waals surface area contributed by atoms with Gasteiger partial charge in [-0.3, -0.25) is 10.1 Å². The van der Waals surface area contributed by atoms with Gasteiger partial charge in [-0.15, -0.1) is 11.3 Å². The number of nitro benzene ring substituents is 1. The second-order valence-electron chi connectivity index (χ2n) is 4.92. The summed E-state index contributed by atoms with van der Waals surface area (Å²) >= 11 is 1.52. The van der Waals surface area contributed by atoms with Crippen molar-refractivity contribution in [2.45, 2.75) is 33.2 Å². The lowest BCUT2D eigenvalue weighted by Crippen LogP contribution is -2.18. The van der Waals surface area contributed by atoms with Crippen LogP contribution in [0.5, 0.6) is 0 Å². The van der Waals surface area contributed by atoms with Crippen molar-refractivity contribution in [2.24, 2.45) is 0 Å². The molecule has 0 amide bonds. The molecule has 0 spiro atoms. The van der Waals surface area contributed by atoms with Crippen molar-refractivity contribution < 1.29 is 4.92 Å². The zero-order valence-electron chi connectivity index (χ0n) is 12.4. The molecular formula is C15H19N3O2S. The second kappa shape index (κ2) is 6.78. The average Bonchev–Trinajstić information content (AvgIpc) is 2.86. The molecule has 21 heavy (non-hydrogen) atoms. The standard InChI is InChI=1S/C15H19N3O2S/c1-4-9-16-10(2)14-11(3)17-15(21-14)12-7-5-6-8-13(12)18(19)20/h5-8,10,16H,4,9H2,1-3H3. The van der Waals surface area contributed by atoms with Crippen molar-refractivity contribution in [3.8, 4) is 10.6 Å². The van der Waals surface area contributed by atoms with Crippen molar-refractivity contribution in [3.05, 3.63) is 45.0 Å². The van der Waals surface area contributed by atoms with Crippen LogP contribution in [-0.2, 0) is 0 Å². The first-order valence-corrected chi connectivity index (χ1v) is 7.80. The fourth-order valence-electron chi connectivity index (χ4n) is 2.19. The molecule has 0 bridgehead atoms. The van der Waals surface area contributed by atoms with Crippen molar-refractivity contribution >= 4 is 17.0 Å². The Labute approximate surface area is 128 Å². The third kappa shape index (κ3) is 3.46. The van der Waals surface area contributed by atoms with Crippen molar-refractivity contribution in [1.29, 1.82) is 0 Å². The van der Waals surface area contributed by atoms with E-state index in [1.54, 1.807) is 18.2 Å². The maximum atomic E-state index is 11.1. The molecule has 1 atom stereocenters. The minimum absolute atomic E-state index is 0.104. The van der Waals surface area contributed by atoms with Crippen LogP contribution in [0, 0.1) is 17.0 Å². The fourth-order valence-corrected chi connectivity index (χ4v) is 3.32. The van der Waals surface area contributed by atoms with Crippen LogP contribution in [0.1, 0.15) is 36.9 Å². The van der Waals surface area contributed by atoms with Gasteiger partial charge in [0.05, 0.1) is 16.2 Å². The lowest BCUT2D eigenvalue weighted by molar-refractivity contribution is -0.384.